The van der Waals surface area contributed by atoms with E-state index in [9.17, 15) is 4.79 Å². The minimum Gasteiger partial charge on any atom is -0.389 e. The lowest BCUT2D eigenvalue weighted by molar-refractivity contribution is -0.117. The van der Waals surface area contributed by atoms with Crippen LogP contribution in [0.15, 0.2) is 70.8 Å². The fourth-order valence-corrected chi connectivity index (χ4v) is 2.59. The molecule has 0 heterocycles. The predicted octanol–water partition coefficient (Wildman–Crippen LogP) is 3.31. The summed E-state index contributed by atoms with van der Waals surface area (Å²) >= 11 is 3.50. The van der Waals surface area contributed by atoms with Crippen LogP contribution in [-0.4, -0.2) is 12.5 Å². The molecule has 2 N–H and O–H groups in total. The average Bonchev–Trinajstić information content (AvgIpc) is 2.62. The lowest BCUT2D eigenvalue weighted by Crippen LogP contribution is -2.25. The molecule has 2 aromatic carbocycles. The van der Waals surface area contributed by atoms with E-state index < -0.39 is 0 Å². The van der Waals surface area contributed by atoms with Crippen molar-refractivity contribution >= 4 is 21.8 Å². The lowest BCUT2D eigenvalue weighted by Gasteiger charge is -2.06. The van der Waals surface area contributed by atoms with Crippen molar-refractivity contribution in [3.63, 3.8) is 0 Å². The molecule has 0 aliphatic rings. The number of nitrogens with zero attached hydrogens (tertiary/aromatic N) is 1. The van der Waals surface area contributed by atoms with Crippen LogP contribution in [0.25, 0.3) is 0 Å². The van der Waals surface area contributed by atoms with Gasteiger partial charge in [0.15, 0.2) is 0 Å². The van der Waals surface area contributed by atoms with E-state index in [1.807, 2.05) is 60.7 Å². The summed E-state index contributed by atoms with van der Waals surface area (Å²) in [6.45, 7) is 1.04. The maximum absolute atomic E-state index is 12.0. The van der Waals surface area contributed by atoms with Gasteiger partial charge in [-0.05, 0) is 23.6 Å². The van der Waals surface area contributed by atoms with Crippen LogP contribution in [-0.2, 0) is 17.8 Å². The zero-order chi connectivity index (χ0) is 17.2. The molecule has 0 atom stereocenters. The van der Waals surface area contributed by atoms with Crippen LogP contribution in [0.1, 0.15) is 11.1 Å². The highest BCUT2D eigenvalue weighted by Crippen LogP contribution is 2.15. The van der Waals surface area contributed by atoms with E-state index in [4.69, 9.17) is 5.26 Å². The maximum Gasteiger partial charge on any atom is 0.263 e. The average molecular weight is 384 g/mol. The molecular formula is C19H18BrN3O. The molecule has 5 heteroatoms. The smallest absolute Gasteiger partial charge is 0.263 e. The number of halogens is 1. The van der Waals surface area contributed by atoms with Crippen LogP contribution in [0.4, 0.5) is 0 Å². The van der Waals surface area contributed by atoms with E-state index in [1.54, 1.807) is 0 Å². The van der Waals surface area contributed by atoms with Gasteiger partial charge in [-0.15, -0.1) is 0 Å². The first-order chi connectivity index (χ1) is 11.7. The summed E-state index contributed by atoms with van der Waals surface area (Å²) in [5, 5.41) is 14.9. The first-order valence-electron chi connectivity index (χ1n) is 7.60. The van der Waals surface area contributed by atoms with E-state index in [1.165, 1.54) is 11.8 Å². The minimum atomic E-state index is -0.380. The summed E-state index contributed by atoms with van der Waals surface area (Å²) in [6, 6.07) is 19.5. The third-order valence-electron chi connectivity index (χ3n) is 3.40. The topological polar surface area (TPSA) is 64.9 Å². The molecule has 0 aliphatic carbocycles. The highest BCUT2D eigenvalue weighted by Gasteiger charge is 2.08. The van der Waals surface area contributed by atoms with E-state index in [0.29, 0.717) is 13.1 Å². The molecule has 24 heavy (non-hydrogen) atoms. The Morgan fingerprint density at radius 1 is 1.12 bits per heavy atom. The van der Waals surface area contributed by atoms with Gasteiger partial charge in [0.25, 0.3) is 5.91 Å². The molecule has 0 saturated carbocycles. The molecule has 0 unspecified atom stereocenters. The van der Waals surface area contributed by atoms with Gasteiger partial charge < -0.3 is 10.6 Å². The first kappa shape index (κ1) is 17.8. The Hall–Kier alpha value is -2.58. The van der Waals surface area contributed by atoms with Crippen molar-refractivity contribution in [2.45, 2.75) is 13.0 Å². The molecule has 0 saturated heterocycles. The zero-order valence-corrected chi connectivity index (χ0v) is 14.7. The molecule has 0 spiro atoms. The van der Waals surface area contributed by atoms with Crippen molar-refractivity contribution in [1.29, 1.82) is 5.26 Å². The molecule has 2 aromatic rings. The maximum atomic E-state index is 12.0. The van der Waals surface area contributed by atoms with Gasteiger partial charge in [-0.25, -0.2) is 0 Å². The SMILES string of the molecule is N#C/C(=C/NCCc1ccccc1Br)C(=O)NCc1ccccc1. The summed E-state index contributed by atoms with van der Waals surface area (Å²) in [5.74, 6) is -0.380. The molecular weight excluding hydrogens is 366 g/mol. The van der Waals surface area contributed by atoms with Crippen molar-refractivity contribution in [2.24, 2.45) is 0 Å². The van der Waals surface area contributed by atoms with E-state index in [2.05, 4.69) is 26.6 Å². The lowest BCUT2D eigenvalue weighted by atomic mass is 10.1. The monoisotopic (exact) mass is 383 g/mol. The number of amides is 1. The summed E-state index contributed by atoms with van der Waals surface area (Å²) in [7, 11) is 0. The summed E-state index contributed by atoms with van der Waals surface area (Å²) in [6.07, 6.45) is 2.26. The van der Waals surface area contributed by atoms with E-state index >= 15 is 0 Å². The van der Waals surface area contributed by atoms with Gasteiger partial charge in [0.1, 0.15) is 11.6 Å². The van der Waals surface area contributed by atoms with Crippen LogP contribution in [0.3, 0.4) is 0 Å². The number of rotatable bonds is 7. The quantitative estimate of drug-likeness (QED) is 0.437. The van der Waals surface area contributed by atoms with Gasteiger partial charge in [-0.1, -0.05) is 64.5 Å². The molecule has 0 radical (unpaired) electrons. The van der Waals surface area contributed by atoms with Gasteiger partial charge in [0, 0.05) is 23.8 Å². The summed E-state index contributed by atoms with van der Waals surface area (Å²) in [5.41, 5.74) is 2.23. The molecule has 1 amide bonds. The third kappa shape index (κ3) is 5.56. The van der Waals surface area contributed by atoms with Crippen molar-refractivity contribution in [1.82, 2.24) is 10.6 Å². The first-order valence-corrected chi connectivity index (χ1v) is 8.39. The fraction of sp³-hybridized carbons (Fsp3) is 0.158. The molecule has 4 nitrogen and oxygen atoms in total. The van der Waals surface area contributed by atoms with Crippen LogP contribution in [0.5, 0.6) is 0 Å². The minimum absolute atomic E-state index is 0.0676. The normalized spacial score (nSPS) is 10.8. The second kappa shape index (κ2) is 9.53. The number of nitriles is 1. The molecule has 0 fully saturated rings. The number of hydrogen-bond donors (Lipinski definition) is 2. The van der Waals surface area contributed by atoms with Crippen LogP contribution in [0, 0.1) is 11.3 Å². The Morgan fingerprint density at radius 2 is 1.83 bits per heavy atom. The summed E-state index contributed by atoms with van der Waals surface area (Å²) < 4.78 is 1.05. The third-order valence-corrected chi connectivity index (χ3v) is 4.18. The number of benzene rings is 2. The molecule has 0 aromatic heterocycles. The second-order valence-electron chi connectivity index (χ2n) is 5.13. The van der Waals surface area contributed by atoms with Crippen molar-refractivity contribution in [3.8, 4) is 6.07 Å². The van der Waals surface area contributed by atoms with Gasteiger partial charge in [0.2, 0.25) is 0 Å². The van der Waals surface area contributed by atoms with Crippen LogP contribution >= 0.6 is 15.9 Å². The van der Waals surface area contributed by atoms with Crippen molar-refractivity contribution in [2.75, 3.05) is 6.54 Å². The van der Waals surface area contributed by atoms with Gasteiger partial charge in [0.05, 0.1) is 0 Å². The Morgan fingerprint density at radius 3 is 2.54 bits per heavy atom. The highest BCUT2D eigenvalue weighted by molar-refractivity contribution is 9.10. The number of hydrogen-bond acceptors (Lipinski definition) is 3. The molecule has 122 valence electrons. The Bertz CT molecular complexity index is 751. The van der Waals surface area contributed by atoms with Crippen LogP contribution < -0.4 is 10.6 Å². The fourth-order valence-electron chi connectivity index (χ4n) is 2.10. The van der Waals surface area contributed by atoms with Crippen molar-refractivity contribution in [3.05, 3.63) is 82.0 Å². The Labute approximate surface area is 150 Å². The van der Waals surface area contributed by atoms with E-state index in [-0.39, 0.29) is 11.5 Å². The Balaban J connectivity index is 1.81. The summed E-state index contributed by atoms with van der Waals surface area (Å²) in [4.78, 5) is 12.0. The largest absolute Gasteiger partial charge is 0.389 e. The number of carbonyl (C=O) groups is 1. The van der Waals surface area contributed by atoms with E-state index in [0.717, 1.165) is 16.5 Å². The van der Waals surface area contributed by atoms with Crippen LogP contribution in [0.2, 0.25) is 0 Å². The molecule has 2 rings (SSSR count). The molecule has 0 bridgehead atoms. The highest BCUT2D eigenvalue weighted by atomic mass is 79.9. The van der Waals surface area contributed by atoms with Crippen molar-refractivity contribution < 1.29 is 4.79 Å². The number of carbonyl (C=O) groups excluding carboxylic acids is 1. The number of nitrogens with one attached hydrogen (secondary N) is 2. The second-order valence-corrected chi connectivity index (χ2v) is 5.99. The standard InChI is InChI=1S/C19H18BrN3O/c20-18-9-5-4-8-16(18)10-11-22-14-17(12-21)19(24)23-13-15-6-2-1-3-7-15/h1-9,14,22H,10-11,13H2,(H,23,24)/b17-14-. The molecule has 0 aliphatic heterocycles. The Kier molecular flexibility index (Phi) is 7.06. The van der Waals surface area contributed by atoms with Gasteiger partial charge >= 0.3 is 0 Å². The van der Waals surface area contributed by atoms with Gasteiger partial charge in [-0.3, -0.25) is 4.79 Å². The zero-order valence-electron chi connectivity index (χ0n) is 13.1. The predicted molar refractivity (Wildman–Crippen MR) is 97.8 cm³/mol. The van der Waals surface area contributed by atoms with Gasteiger partial charge in [-0.2, -0.15) is 5.26 Å².